The van der Waals surface area contributed by atoms with Crippen LogP contribution in [0.25, 0.3) is 11.2 Å². The maximum absolute atomic E-state index is 12.3. The second-order valence-electron chi connectivity index (χ2n) is 5.85. The fourth-order valence-electron chi connectivity index (χ4n) is 2.67. The summed E-state index contributed by atoms with van der Waals surface area (Å²) in [7, 11) is 4.58. The molecule has 0 amide bonds. The van der Waals surface area contributed by atoms with Crippen molar-refractivity contribution in [2.75, 3.05) is 5.75 Å². The number of nitrogens with zero attached hydrogens (tertiary/aromatic N) is 5. The van der Waals surface area contributed by atoms with Gasteiger partial charge in [-0.1, -0.05) is 11.8 Å². The lowest BCUT2D eigenvalue weighted by molar-refractivity contribution is -0.384. The van der Waals surface area contributed by atoms with Crippen LogP contribution in [0.4, 0.5) is 5.69 Å². The summed E-state index contributed by atoms with van der Waals surface area (Å²) in [4.78, 5) is 51.0. The predicted octanol–water partition coefficient (Wildman–Crippen LogP) is 0.854. The molecule has 2 aromatic heterocycles. The van der Waals surface area contributed by atoms with Gasteiger partial charge in [0, 0.05) is 38.8 Å². The molecule has 0 fully saturated rings. The topological polar surface area (TPSA) is 122 Å². The van der Waals surface area contributed by atoms with E-state index in [-0.39, 0.29) is 22.7 Å². The van der Waals surface area contributed by atoms with Gasteiger partial charge in [0.25, 0.3) is 11.2 Å². The fourth-order valence-corrected chi connectivity index (χ4v) is 3.53. The Hall–Kier alpha value is -3.21. The minimum absolute atomic E-state index is 0.0310. The van der Waals surface area contributed by atoms with Crippen molar-refractivity contribution in [1.82, 2.24) is 18.7 Å². The molecule has 3 aromatic rings. The number of hydrogen-bond acceptors (Lipinski definition) is 7. The number of ketones is 1. The quantitative estimate of drug-likeness (QED) is 0.274. The van der Waals surface area contributed by atoms with Crippen molar-refractivity contribution in [3.8, 4) is 0 Å². The summed E-state index contributed by atoms with van der Waals surface area (Å²) in [5.74, 6) is -0.202. The number of benzene rings is 1. The van der Waals surface area contributed by atoms with Gasteiger partial charge in [-0.3, -0.25) is 28.8 Å². The Balaban J connectivity index is 1.88. The summed E-state index contributed by atoms with van der Waals surface area (Å²) in [6.45, 7) is 0. The van der Waals surface area contributed by atoms with Crippen LogP contribution in [0.5, 0.6) is 0 Å². The molecule has 0 unspecified atom stereocenters. The van der Waals surface area contributed by atoms with E-state index in [0.29, 0.717) is 16.4 Å². The Bertz CT molecular complexity index is 1190. The number of fused-ring (bicyclic) bond motifs is 1. The predicted molar refractivity (Wildman–Crippen MR) is 99.3 cm³/mol. The number of rotatable bonds is 5. The number of Topliss-reactive ketones (excluding diaryl/α,β-unsaturated/α-hetero) is 1. The van der Waals surface area contributed by atoms with Gasteiger partial charge in [0.15, 0.2) is 22.1 Å². The SMILES string of the molecule is Cn1c(=O)c2nc(SCC(=O)c3ccc([N+](=O)[O-])cc3)n(C)c2n(C)c1=O. The van der Waals surface area contributed by atoms with Crippen LogP contribution in [0.3, 0.4) is 0 Å². The van der Waals surface area contributed by atoms with Crippen LogP contribution < -0.4 is 11.2 Å². The van der Waals surface area contributed by atoms with Crippen molar-refractivity contribution in [3.63, 3.8) is 0 Å². The van der Waals surface area contributed by atoms with Gasteiger partial charge in [0.1, 0.15) is 0 Å². The first-order valence-corrected chi connectivity index (χ1v) is 8.73. The monoisotopic (exact) mass is 389 g/mol. The second kappa shape index (κ2) is 6.83. The van der Waals surface area contributed by atoms with Crippen LogP contribution >= 0.6 is 11.8 Å². The highest BCUT2D eigenvalue weighted by Gasteiger charge is 2.18. The van der Waals surface area contributed by atoms with E-state index in [9.17, 15) is 24.5 Å². The lowest BCUT2D eigenvalue weighted by Crippen LogP contribution is -2.37. The van der Waals surface area contributed by atoms with Crippen molar-refractivity contribution in [3.05, 3.63) is 60.8 Å². The van der Waals surface area contributed by atoms with Crippen molar-refractivity contribution in [1.29, 1.82) is 0 Å². The summed E-state index contributed by atoms with van der Waals surface area (Å²) >= 11 is 1.12. The van der Waals surface area contributed by atoms with Gasteiger partial charge >= 0.3 is 5.69 Å². The molecule has 0 bridgehead atoms. The highest BCUT2D eigenvalue weighted by Crippen LogP contribution is 2.22. The molecule has 3 rings (SSSR count). The largest absolute Gasteiger partial charge is 0.332 e. The molecule has 0 N–H and O–H groups in total. The highest BCUT2D eigenvalue weighted by atomic mass is 32.2. The number of aryl methyl sites for hydroxylation is 2. The van der Waals surface area contributed by atoms with E-state index >= 15 is 0 Å². The van der Waals surface area contributed by atoms with E-state index in [4.69, 9.17) is 0 Å². The van der Waals surface area contributed by atoms with Crippen molar-refractivity contribution in [2.45, 2.75) is 5.16 Å². The molecule has 11 heteroatoms. The standard InChI is InChI=1S/C16H15N5O5S/c1-18-13-12(14(23)20(3)16(24)19(13)2)17-15(18)27-8-11(22)9-4-6-10(7-5-9)21(25)26/h4-7H,8H2,1-3H3. The third kappa shape index (κ3) is 3.16. The summed E-state index contributed by atoms with van der Waals surface area (Å²) < 4.78 is 3.89. The Labute approximate surface area is 156 Å². The number of hydrogen-bond donors (Lipinski definition) is 0. The molecule has 0 spiro atoms. The Morgan fingerprint density at radius 3 is 2.33 bits per heavy atom. The first-order chi connectivity index (χ1) is 12.7. The van der Waals surface area contributed by atoms with Crippen molar-refractivity contribution >= 4 is 34.4 Å². The molecule has 0 saturated heterocycles. The second-order valence-corrected chi connectivity index (χ2v) is 6.79. The molecule has 0 aliphatic carbocycles. The molecule has 1 aromatic carbocycles. The fraction of sp³-hybridized carbons (Fsp3) is 0.250. The molecular weight excluding hydrogens is 374 g/mol. The average Bonchev–Trinajstić information content (AvgIpc) is 2.99. The number of aromatic nitrogens is 4. The summed E-state index contributed by atoms with van der Waals surface area (Å²) in [6, 6.07) is 5.34. The number of thioether (sulfide) groups is 1. The Morgan fingerprint density at radius 2 is 1.74 bits per heavy atom. The van der Waals surface area contributed by atoms with Crippen LogP contribution in [-0.2, 0) is 21.1 Å². The normalized spacial score (nSPS) is 11.1. The molecule has 0 atom stereocenters. The number of non-ortho nitro benzene ring substituents is 1. The zero-order valence-electron chi connectivity index (χ0n) is 14.7. The van der Waals surface area contributed by atoms with Gasteiger partial charge in [0.2, 0.25) is 0 Å². The molecule has 0 aliphatic heterocycles. The summed E-state index contributed by atoms with van der Waals surface area (Å²) in [5.41, 5.74) is -0.200. The van der Waals surface area contributed by atoms with Crippen molar-refractivity contribution < 1.29 is 9.72 Å². The van der Waals surface area contributed by atoms with Gasteiger partial charge in [0.05, 0.1) is 10.7 Å². The van der Waals surface area contributed by atoms with Gasteiger partial charge in [-0.05, 0) is 12.1 Å². The zero-order chi connectivity index (χ0) is 19.9. The van der Waals surface area contributed by atoms with E-state index in [2.05, 4.69) is 4.98 Å². The lowest BCUT2D eigenvalue weighted by atomic mass is 10.1. The van der Waals surface area contributed by atoms with Gasteiger partial charge in [-0.15, -0.1) is 0 Å². The molecular formula is C16H15N5O5S. The first-order valence-electron chi connectivity index (χ1n) is 7.75. The Morgan fingerprint density at radius 1 is 1.11 bits per heavy atom. The molecule has 10 nitrogen and oxygen atoms in total. The minimum Gasteiger partial charge on any atom is -0.308 e. The summed E-state index contributed by atoms with van der Waals surface area (Å²) in [5, 5.41) is 11.1. The van der Waals surface area contributed by atoms with Crippen LogP contribution in [0.1, 0.15) is 10.4 Å². The van der Waals surface area contributed by atoms with E-state index in [1.165, 1.54) is 35.9 Å². The average molecular weight is 389 g/mol. The van der Waals surface area contributed by atoms with E-state index < -0.39 is 16.2 Å². The maximum Gasteiger partial charge on any atom is 0.332 e. The molecule has 0 aliphatic rings. The third-order valence-corrected chi connectivity index (χ3v) is 5.18. The van der Waals surface area contributed by atoms with Gasteiger partial charge < -0.3 is 4.57 Å². The molecule has 0 radical (unpaired) electrons. The Kier molecular flexibility index (Phi) is 4.70. The number of imidazole rings is 1. The van der Waals surface area contributed by atoms with Crippen molar-refractivity contribution in [2.24, 2.45) is 21.1 Å². The highest BCUT2D eigenvalue weighted by molar-refractivity contribution is 7.99. The van der Waals surface area contributed by atoms with Crippen LogP contribution in [0, 0.1) is 10.1 Å². The molecule has 0 saturated carbocycles. The third-order valence-electron chi connectivity index (χ3n) is 4.16. The number of nitro benzene ring substituents is 1. The summed E-state index contributed by atoms with van der Waals surface area (Å²) in [6.07, 6.45) is 0. The van der Waals surface area contributed by atoms with E-state index in [1.807, 2.05) is 0 Å². The van der Waals surface area contributed by atoms with Crippen LogP contribution in [0.15, 0.2) is 39.0 Å². The first kappa shape index (κ1) is 18.6. The van der Waals surface area contributed by atoms with Crippen LogP contribution in [0.2, 0.25) is 0 Å². The van der Waals surface area contributed by atoms with Gasteiger partial charge in [-0.2, -0.15) is 0 Å². The van der Waals surface area contributed by atoms with E-state index in [0.717, 1.165) is 16.3 Å². The number of nitro groups is 1. The van der Waals surface area contributed by atoms with Gasteiger partial charge in [-0.25, -0.2) is 9.78 Å². The van der Waals surface area contributed by atoms with Crippen LogP contribution in [-0.4, -0.2) is 35.1 Å². The number of carbonyl (C=O) groups is 1. The molecule has 27 heavy (non-hydrogen) atoms. The molecule has 2 heterocycles. The zero-order valence-corrected chi connectivity index (χ0v) is 15.5. The number of carbonyl (C=O) groups excluding carboxylic acids is 1. The minimum atomic E-state index is -0.534. The molecule has 140 valence electrons. The van der Waals surface area contributed by atoms with E-state index in [1.54, 1.807) is 18.7 Å². The smallest absolute Gasteiger partial charge is 0.308 e. The maximum atomic E-state index is 12.3. The lowest BCUT2D eigenvalue weighted by Gasteiger charge is -2.06.